The van der Waals surface area contributed by atoms with Crippen molar-refractivity contribution in [2.75, 3.05) is 31.1 Å². The first-order valence-corrected chi connectivity index (χ1v) is 8.80. The Bertz CT molecular complexity index is 730. The number of anilines is 1. The first-order chi connectivity index (χ1) is 11.6. The molecule has 0 radical (unpaired) electrons. The smallest absolute Gasteiger partial charge is 0.254 e. The van der Waals surface area contributed by atoms with E-state index in [-0.39, 0.29) is 5.91 Å². The molecule has 2 aromatic carbocycles. The van der Waals surface area contributed by atoms with Gasteiger partial charge in [-0.1, -0.05) is 43.3 Å². The lowest BCUT2D eigenvalue weighted by atomic mass is 10.0. The average molecular weight is 322 g/mol. The van der Waals surface area contributed by atoms with Crippen LogP contribution in [0.25, 0.3) is 0 Å². The highest BCUT2D eigenvalue weighted by molar-refractivity contribution is 5.95. The van der Waals surface area contributed by atoms with Gasteiger partial charge in [0.25, 0.3) is 5.91 Å². The standard InChI is InChI=1S/C21H26N2O/c1-4-18-10-7-9-17(3)20(18)22-12-14-23(15-13-22)21(24)19-11-6-5-8-16(19)2/h5-11H,4,12-15H2,1-3H3. The number of aryl methyl sites for hydroxylation is 3. The second kappa shape index (κ2) is 7.08. The molecule has 1 aliphatic rings. The number of rotatable bonds is 3. The number of amides is 1. The minimum absolute atomic E-state index is 0.160. The van der Waals surface area contributed by atoms with E-state index in [0.29, 0.717) is 0 Å². The van der Waals surface area contributed by atoms with Crippen molar-refractivity contribution >= 4 is 11.6 Å². The molecule has 1 fully saturated rings. The van der Waals surface area contributed by atoms with Crippen LogP contribution in [0, 0.1) is 13.8 Å². The van der Waals surface area contributed by atoms with Gasteiger partial charge in [-0.15, -0.1) is 0 Å². The first-order valence-electron chi connectivity index (χ1n) is 8.80. The molecule has 1 saturated heterocycles. The van der Waals surface area contributed by atoms with E-state index in [1.807, 2.05) is 36.1 Å². The molecule has 1 aliphatic heterocycles. The normalized spacial score (nSPS) is 14.8. The SMILES string of the molecule is CCc1cccc(C)c1N1CCN(C(=O)c2ccccc2C)CC1. The van der Waals surface area contributed by atoms with Gasteiger partial charge in [0, 0.05) is 37.4 Å². The lowest BCUT2D eigenvalue weighted by Crippen LogP contribution is -2.49. The summed E-state index contributed by atoms with van der Waals surface area (Å²) < 4.78 is 0. The third-order valence-electron chi connectivity index (χ3n) is 4.96. The lowest BCUT2D eigenvalue weighted by molar-refractivity contribution is 0.0746. The molecule has 1 amide bonds. The molecule has 0 N–H and O–H groups in total. The van der Waals surface area contributed by atoms with Crippen LogP contribution < -0.4 is 4.90 Å². The second-order valence-electron chi connectivity index (χ2n) is 6.53. The van der Waals surface area contributed by atoms with Gasteiger partial charge >= 0.3 is 0 Å². The van der Waals surface area contributed by atoms with Gasteiger partial charge in [0.05, 0.1) is 0 Å². The maximum absolute atomic E-state index is 12.8. The van der Waals surface area contributed by atoms with Gasteiger partial charge in [-0.25, -0.2) is 0 Å². The Balaban J connectivity index is 1.73. The molecule has 0 atom stereocenters. The van der Waals surface area contributed by atoms with Gasteiger partial charge < -0.3 is 9.80 Å². The molecule has 1 heterocycles. The summed E-state index contributed by atoms with van der Waals surface area (Å²) in [4.78, 5) is 17.2. The summed E-state index contributed by atoms with van der Waals surface area (Å²) in [6.07, 6.45) is 1.04. The summed E-state index contributed by atoms with van der Waals surface area (Å²) in [5, 5.41) is 0. The largest absolute Gasteiger partial charge is 0.368 e. The molecule has 24 heavy (non-hydrogen) atoms. The molecule has 3 heteroatoms. The zero-order valence-corrected chi connectivity index (χ0v) is 14.9. The number of hydrogen-bond donors (Lipinski definition) is 0. The molecule has 0 unspecified atom stereocenters. The predicted molar refractivity (Wildman–Crippen MR) is 99.9 cm³/mol. The van der Waals surface area contributed by atoms with E-state index in [0.717, 1.165) is 43.7 Å². The fourth-order valence-corrected chi connectivity index (χ4v) is 3.57. The summed E-state index contributed by atoms with van der Waals surface area (Å²) in [5.41, 5.74) is 5.97. The van der Waals surface area contributed by atoms with Crippen LogP contribution >= 0.6 is 0 Å². The topological polar surface area (TPSA) is 23.6 Å². The van der Waals surface area contributed by atoms with Crippen molar-refractivity contribution in [3.05, 3.63) is 64.7 Å². The zero-order valence-electron chi connectivity index (χ0n) is 14.9. The van der Waals surface area contributed by atoms with Gasteiger partial charge in [-0.3, -0.25) is 4.79 Å². The molecule has 0 aliphatic carbocycles. The average Bonchev–Trinajstić information content (AvgIpc) is 2.61. The Morgan fingerprint density at radius 2 is 1.58 bits per heavy atom. The van der Waals surface area contributed by atoms with Crippen molar-refractivity contribution in [3.63, 3.8) is 0 Å². The van der Waals surface area contributed by atoms with Crippen LogP contribution in [-0.2, 0) is 6.42 Å². The van der Waals surface area contributed by atoms with E-state index in [4.69, 9.17) is 0 Å². The van der Waals surface area contributed by atoms with E-state index in [2.05, 4.69) is 36.9 Å². The van der Waals surface area contributed by atoms with Crippen molar-refractivity contribution in [2.45, 2.75) is 27.2 Å². The summed E-state index contributed by atoms with van der Waals surface area (Å²) in [6.45, 7) is 9.75. The van der Waals surface area contributed by atoms with Crippen molar-refractivity contribution in [2.24, 2.45) is 0 Å². The fourth-order valence-electron chi connectivity index (χ4n) is 3.57. The van der Waals surface area contributed by atoms with E-state index >= 15 is 0 Å². The van der Waals surface area contributed by atoms with Crippen molar-refractivity contribution in [3.8, 4) is 0 Å². The van der Waals surface area contributed by atoms with E-state index in [1.165, 1.54) is 16.8 Å². The molecule has 0 aromatic heterocycles. The highest BCUT2D eigenvalue weighted by Crippen LogP contribution is 2.27. The molecule has 3 nitrogen and oxygen atoms in total. The summed E-state index contributed by atoms with van der Waals surface area (Å²) in [5.74, 6) is 0.160. The van der Waals surface area contributed by atoms with E-state index < -0.39 is 0 Å². The van der Waals surface area contributed by atoms with Crippen LogP contribution in [0.1, 0.15) is 34.0 Å². The van der Waals surface area contributed by atoms with Crippen molar-refractivity contribution < 1.29 is 4.79 Å². The van der Waals surface area contributed by atoms with Crippen LogP contribution in [0.15, 0.2) is 42.5 Å². The quantitative estimate of drug-likeness (QED) is 0.857. The molecular weight excluding hydrogens is 296 g/mol. The summed E-state index contributed by atoms with van der Waals surface area (Å²) in [6, 6.07) is 14.4. The number of carbonyl (C=O) groups is 1. The first kappa shape index (κ1) is 16.6. The molecule has 0 bridgehead atoms. The van der Waals surface area contributed by atoms with Crippen LogP contribution in [0.3, 0.4) is 0 Å². The number of benzene rings is 2. The van der Waals surface area contributed by atoms with Crippen molar-refractivity contribution in [1.82, 2.24) is 4.90 Å². The Morgan fingerprint density at radius 1 is 0.917 bits per heavy atom. The molecule has 126 valence electrons. The highest BCUT2D eigenvalue weighted by Gasteiger charge is 2.24. The third-order valence-corrected chi connectivity index (χ3v) is 4.96. The molecule has 0 spiro atoms. The zero-order chi connectivity index (χ0) is 17.1. The number of piperazine rings is 1. The van der Waals surface area contributed by atoms with Gasteiger partial charge in [-0.2, -0.15) is 0 Å². The molecule has 3 rings (SSSR count). The fraction of sp³-hybridized carbons (Fsp3) is 0.381. The van der Waals surface area contributed by atoms with Gasteiger partial charge in [0.2, 0.25) is 0 Å². The Kier molecular flexibility index (Phi) is 4.89. The maximum atomic E-state index is 12.8. The minimum Gasteiger partial charge on any atom is -0.368 e. The van der Waals surface area contributed by atoms with Crippen LogP contribution in [0.4, 0.5) is 5.69 Å². The predicted octanol–water partition coefficient (Wildman–Crippen LogP) is 3.83. The molecule has 2 aromatic rings. The van der Waals surface area contributed by atoms with Gasteiger partial charge in [0.1, 0.15) is 0 Å². The Labute approximate surface area is 144 Å². The Hall–Kier alpha value is -2.29. The number of nitrogens with zero attached hydrogens (tertiary/aromatic N) is 2. The van der Waals surface area contributed by atoms with E-state index in [1.54, 1.807) is 0 Å². The molecule has 0 saturated carbocycles. The number of para-hydroxylation sites is 1. The van der Waals surface area contributed by atoms with Crippen LogP contribution in [0.5, 0.6) is 0 Å². The molecular formula is C21H26N2O. The third kappa shape index (κ3) is 3.16. The number of carbonyl (C=O) groups excluding carboxylic acids is 1. The Morgan fingerprint density at radius 3 is 2.25 bits per heavy atom. The monoisotopic (exact) mass is 322 g/mol. The number of hydrogen-bond acceptors (Lipinski definition) is 2. The van der Waals surface area contributed by atoms with Crippen LogP contribution in [-0.4, -0.2) is 37.0 Å². The lowest BCUT2D eigenvalue weighted by Gasteiger charge is -2.38. The summed E-state index contributed by atoms with van der Waals surface area (Å²) in [7, 11) is 0. The van der Waals surface area contributed by atoms with E-state index in [9.17, 15) is 4.79 Å². The van der Waals surface area contributed by atoms with Crippen LogP contribution in [0.2, 0.25) is 0 Å². The maximum Gasteiger partial charge on any atom is 0.254 e. The highest BCUT2D eigenvalue weighted by atomic mass is 16.2. The minimum atomic E-state index is 0.160. The second-order valence-corrected chi connectivity index (χ2v) is 6.53. The van der Waals surface area contributed by atoms with Crippen molar-refractivity contribution in [1.29, 1.82) is 0 Å². The van der Waals surface area contributed by atoms with Gasteiger partial charge in [-0.05, 0) is 43.0 Å². The van der Waals surface area contributed by atoms with Gasteiger partial charge in [0.15, 0.2) is 0 Å². The summed E-state index contributed by atoms with van der Waals surface area (Å²) >= 11 is 0.